The smallest absolute Gasteiger partial charge is 0.257 e. The number of H-pyrrole nitrogens is 1. The molecule has 2 aromatic carbocycles. The molecule has 0 radical (unpaired) electrons. The lowest BCUT2D eigenvalue weighted by molar-refractivity contribution is 0.0730. The summed E-state index contributed by atoms with van der Waals surface area (Å²) in [7, 11) is 0. The third kappa shape index (κ3) is 2.91. The minimum absolute atomic E-state index is 0.0961. The van der Waals surface area contributed by atoms with Gasteiger partial charge >= 0.3 is 0 Å². The molecule has 0 bridgehead atoms. The zero-order valence-electron chi connectivity index (χ0n) is 13.3. The van der Waals surface area contributed by atoms with Crippen molar-refractivity contribution in [1.82, 2.24) is 15.1 Å². The third-order valence-electron chi connectivity index (χ3n) is 4.42. The summed E-state index contributed by atoms with van der Waals surface area (Å²) in [6.45, 7) is 0.915. The minimum atomic E-state index is -0.499. The van der Waals surface area contributed by atoms with Crippen molar-refractivity contribution in [3.8, 4) is 11.3 Å². The molecule has 0 aliphatic carbocycles. The van der Waals surface area contributed by atoms with Crippen molar-refractivity contribution in [3.63, 3.8) is 0 Å². The molecule has 1 amide bonds. The summed E-state index contributed by atoms with van der Waals surface area (Å²) in [5.41, 5.74) is 3.73. The summed E-state index contributed by atoms with van der Waals surface area (Å²) in [6.07, 6.45) is 0.656. The van der Waals surface area contributed by atoms with Crippen LogP contribution in [0.3, 0.4) is 0 Å². The molecule has 1 aliphatic heterocycles. The summed E-state index contributed by atoms with van der Waals surface area (Å²) in [6, 6.07) is 13.5. The van der Waals surface area contributed by atoms with E-state index in [1.54, 1.807) is 23.1 Å². The number of benzene rings is 2. The molecule has 1 aromatic heterocycles. The molecule has 0 unspecified atom stereocenters. The lowest BCUT2D eigenvalue weighted by atomic mass is 10.0. The number of aromatic amines is 1. The van der Waals surface area contributed by atoms with Gasteiger partial charge in [0.15, 0.2) is 0 Å². The highest BCUT2D eigenvalue weighted by molar-refractivity contribution is 6.30. The van der Waals surface area contributed by atoms with Crippen LogP contribution in [0.1, 0.15) is 21.6 Å². The van der Waals surface area contributed by atoms with E-state index in [9.17, 15) is 9.18 Å². The van der Waals surface area contributed by atoms with Crippen molar-refractivity contribution < 1.29 is 9.18 Å². The number of nitrogens with zero attached hydrogens (tertiary/aromatic N) is 2. The first-order chi connectivity index (χ1) is 12.1. The molecule has 1 aliphatic rings. The van der Waals surface area contributed by atoms with E-state index in [-0.39, 0.29) is 11.5 Å². The van der Waals surface area contributed by atoms with Crippen LogP contribution in [0.4, 0.5) is 4.39 Å². The summed E-state index contributed by atoms with van der Waals surface area (Å²) in [5.74, 6) is -0.803. The molecule has 1 N–H and O–H groups in total. The van der Waals surface area contributed by atoms with Crippen molar-refractivity contribution in [2.45, 2.75) is 13.0 Å². The fourth-order valence-corrected chi connectivity index (χ4v) is 3.34. The van der Waals surface area contributed by atoms with E-state index in [0.29, 0.717) is 24.5 Å². The van der Waals surface area contributed by atoms with Gasteiger partial charge in [0.25, 0.3) is 5.91 Å². The average molecular weight is 356 g/mol. The Bertz CT molecular complexity index is 953. The monoisotopic (exact) mass is 355 g/mol. The highest BCUT2D eigenvalue weighted by Gasteiger charge is 2.27. The van der Waals surface area contributed by atoms with Gasteiger partial charge in [-0.2, -0.15) is 5.10 Å². The molecule has 0 spiro atoms. The van der Waals surface area contributed by atoms with Crippen molar-refractivity contribution in [2.75, 3.05) is 6.54 Å². The molecule has 4 rings (SSSR count). The number of rotatable bonds is 2. The highest BCUT2D eigenvalue weighted by Crippen LogP contribution is 2.30. The van der Waals surface area contributed by atoms with Crippen LogP contribution in [0.2, 0.25) is 5.02 Å². The summed E-state index contributed by atoms with van der Waals surface area (Å²) >= 11 is 6.08. The molecule has 25 heavy (non-hydrogen) atoms. The lowest BCUT2D eigenvalue weighted by Crippen LogP contribution is -2.36. The number of fused-ring (bicyclic) bond motifs is 1. The number of nitrogens with one attached hydrogen (secondary N) is 1. The van der Waals surface area contributed by atoms with E-state index >= 15 is 0 Å². The Balaban J connectivity index is 1.66. The number of amides is 1. The Morgan fingerprint density at radius 2 is 2.04 bits per heavy atom. The number of hydrogen-bond donors (Lipinski definition) is 1. The first kappa shape index (κ1) is 15.8. The van der Waals surface area contributed by atoms with E-state index in [1.165, 1.54) is 12.1 Å². The Labute approximate surface area is 149 Å². The number of halogens is 2. The lowest BCUT2D eigenvalue weighted by Gasteiger charge is -2.27. The van der Waals surface area contributed by atoms with Gasteiger partial charge in [-0.05, 0) is 24.3 Å². The van der Waals surface area contributed by atoms with E-state index in [0.717, 1.165) is 22.5 Å². The molecular formula is C19H15ClFN3O. The maximum absolute atomic E-state index is 13.9. The largest absolute Gasteiger partial charge is 0.334 e. The Morgan fingerprint density at radius 3 is 2.84 bits per heavy atom. The van der Waals surface area contributed by atoms with Gasteiger partial charge in [-0.3, -0.25) is 9.89 Å². The average Bonchev–Trinajstić information content (AvgIpc) is 3.05. The summed E-state index contributed by atoms with van der Waals surface area (Å²) < 4.78 is 13.9. The number of aromatic nitrogens is 2. The number of carbonyl (C=O) groups is 1. The van der Waals surface area contributed by atoms with Gasteiger partial charge in [-0.25, -0.2) is 4.39 Å². The van der Waals surface area contributed by atoms with Crippen LogP contribution in [0.25, 0.3) is 11.3 Å². The molecule has 0 saturated carbocycles. The molecule has 126 valence electrons. The van der Waals surface area contributed by atoms with E-state index < -0.39 is 5.82 Å². The van der Waals surface area contributed by atoms with Crippen LogP contribution in [0, 0.1) is 5.82 Å². The predicted octanol–water partition coefficient (Wildman–Crippen LogP) is 4.07. The second-order valence-electron chi connectivity index (χ2n) is 6.00. The zero-order chi connectivity index (χ0) is 17.4. The van der Waals surface area contributed by atoms with Gasteiger partial charge in [0.1, 0.15) is 5.82 Å². The van der Waals surface area contributed by atoms with E-state index in [2.05, 4.69) is 10.2 Å². The standard InChI is InChI=1S/C19H15ClFN3O/c20-13-5-3-4-12(10-13)18-15-11-24(9-8-17(15)22-23-18)19(25)14-6-1-2-7-16(14)21/h1-7,10H,8-9,11H2,(H,22,23). The van der Waals surface area contributed by atoms with Crippen LogP contribution in [0.15, 0.2) is 48.5 Å². The van der Waals surface area contributed by atoms with Crippen LogP contribution in [-0.2, 0) is 13.0 Å². The van der Waals surface area contributed by atoms with Crippen molar-refractivity contribution in [3.05, 3.63) is 76.2 Å². The molecular weight excluding hydrogens is 341 g/mol. The SMILES string of the molecule is O=C(c1ccccc1F)N1CCc2[nH]nc(-c3cccc(Cl)c3)c2C1. The molecule has 2 heterocycles. The maximum Gasteiger partial charge on any atom is 0.257 e. The van der Waals surface area contributed by atoms with Gasteiger partial charge in [-0.15, -0.1) is 0 Å². The first-order valence-electron chi connectivity index (χ1n) is 7.99. The van der Waals surface area contributed by atoms with Gasteiger partial charge in [0.2, 0.25) is 0 Å². The predicted molar refractivity (Wildman–Crippen MR) is 93.9 cm³/mol. The third-order valence-corrected chi connectivity index (χ3v) is 4.66. The summed E-state index contributed by atoms with van der Waals surface area (Å²) in [5, 5.41) is 8.08. The molecule has 0 saturated heterocycles. The van der Waals surface area contributed by atoms with Gasteiger partial charge in [0.05, 0.1) is 11.3 Å². The van der Waals surface area contributed by atoms with Gasteiger partial charge in [-0.1, -0.05) is 35.9 Å². The first-order valence-corrected chi connectivity index (χ1v) is 8.37. The minimum Gasteiger partial charge on any atom is -0.334 e. The van der Waals surface area contributed by atoms with Crippen molar-refractivity contribution in [2.24, 2.45) is 0 Å². The van der Waals surface area contributed by atoms with Crippen LogP contribution in [-0.4, -0.2) is 27.5 Å². The van der Waals surface area contributed by atoms with E-state index in [4.69, 9.17) is 11.6 Å². The molecule has 3 aromatic rings. The molecule has 0 fully saturated rings. The van der Waals surface area contributed by atoms with Crippen molar-refractivity contribution in [1.29, 1.82) is 0 Å². The van der Waals surface area contributed by atoms with Gasteiger partial charge < -0.3 is 4.90 Å². The Hall–Kier alpha value is -2.66. The van der Waals surface area contributed by atoms with Crippen LogP contribution in [0.5, 0.6) is 0 Å². The summed E-state index contributed by atoms with van der Waals surface area (Å²) in [4.78, 5) is 14.3. The highest BCUT2D eigenvalue weighted by atomic mass is 35.5. The Kier molecular flexibility index (Phi) is 4.01. The normalized spacial score (nSPS) is 13.6. The molecule has 0 atom stereocenters. The zero-order valence-corrected chi connectivity index (χ0v) is 14.1. The quantitative estimate of drug-likeness (QED) is 0.753. The second-order valence-corrected chi connectivity index (χ2v) is 6.43. The second kappa shape index (κ2) is 6.33. The van der Waals surface area contributed by atoms with E-state index in [1.807, 2.05) is 18.2 Å². The van der Waals surface area contributed by atoms with Crippen LogP contribution < -0.4 is 0 Å². The number of carbonyl (C=O) groups excluding carboxylic acids is 1. The van der Waals surface area contributed by atoms with Gasteiger partial charge in [0, 0.05) is 41.4 Å². The van der Waals surface area contributed by atoms with Crippen molar-refractivity contribution >= 4 is 17.5 Å². The molecule has 6 heteroatoms. The van der Waals surface area contributed by atoms with Crippen LogP contribution >= 0.6 is 11.6 Å². The fraction of sp³-hybridized carbons (Fsp3) is 0.158. The maximum atomic E-state index is 13.9. The Morgan fingerprint density at radius 1 is 1.20 bits per heavy atom. The fourth-order valence-electron chi connectivity index (χ4n) is 3.15. The molecule has 4 nitrogen and oxygen atoms in total. The topological polar surface area (TPSA) is 49.0 Å². The number of hydrogen-bond acceptors (Lipinski definition) is 2.